The monoisotopic (exact) mass is 456 g/mol. The van der Waals surface area contributed by atoms with Crippen molar-refractivity contribution in [2.75, 3.05) is 13.6 Å². The second-order valence-corrected chi connectivity index (χ2v) is 8.77. The van der Waals surface area contributed by atoms with Crippen LogP contribution in [0.4, 0.5) is 4.79 Å². The Kier molecular flexibility index (Phi) is 12.3. The summed E-state index contributed by atoms with van der Waals surface area (Å²) in [4.78, 5) is 14.4. The van der Waals surface area contributed by atoms with Crippen LogP contribution in [0.2, 0.25) is 0 Å². The fourth-order valence-corrected chi connectivity index (χ4v) is 3.63. The number of allylic oxidation sites excluding steroid dienone is 5. The van der Waals surface area contributed by atoms with Gasteiger partial charge in [0, 0.05) is 25.5 Å². The number of carbonyl (C=O) groups is 1. The van der Waals surface area contributed by atoms with Gasteiger partial charge in [0.25, 0.3) is 0 Å². The maximum absolute atomic E-state index is 12.9. The standard InChI is InChI=1S/C26H44N6O/c1-9-12-21(10-2)15-23(11-3)32-20(7)30-25(31-26(32)33)29-16-19(6)14-24(27)22(17-28-8)13-18(4)5/h11,14-15,17-18,25,27-30H,7,9-10,12-13,16H2,1-6,8H3,(H,31,33)/b19-14-,21-15-,22-17-,23-11+,27-24?. The third-order valence-electron chi connectivity index (χ3n) is 5.25. The lowest BCUT2D eigenvalue weighted by Gasteiger charge is -2.37. The van der Waals surface area contributed by atoms with E-state index in [1.807, 2.05) is 39.2 Å². The van der Waals surface area contributed by atoms with E-state index in [1.165, 1.54) is 5.57 Å². The van der Waals surface area contributed by atoms with Gasteiger partial charge >= 0.3 is 6.03 Å². The first-order chi connectivity index (χ1) is 15.7. The van der Waals surface area contributed by atoms with Crippen LogP contribution in [0.1, 0.15) is 67.2 Å². The predicted molar refractivity (Wildman–Crippen MR) is 140 cm³/mol. The molecule has 1 heterocycles. The molecular formula is C26H44N6O. The van der Waals surface area contributed by atoms with Gasteiger partial charge in [0.15, 0.2) is 6.29 Å². The van der Waals surface area contributed by atoms with E-state index in [9.17, 15) is 4.79 Å². The molecule has 0 aromatic rings. The first kappa shape index (κ1) is 28.2. The molecule has 0 bridgehead atoms. The Morgan fingerprint density at radius 3 is 2.48 bits per heavy atom. The van der Waals surface area contributed by atoms with E-state index in [1.54, 1.807) is 4.90 Å². The van der Waals surface area contributed by atoms with Crippen molar-refractivity contribution in [2.24, 2.45) is 5.92 Å². The summed E-state index contributed by atoms with van der Waals surface area (Å²) < 4.78 is 0. The molecule has 1 saturated heterocycles. The summed E-state index contributed by atoms with van der Waals surface area (Å²) in [6, 6.07) is -0.224. The quantitative estimate of drug-likeness (QED) is 0.197. The first-order valence-corrected chi connectivity index (χ1v) is 11.9. The largest absolute Gasteiger partial charge is 0.394 e. The van der Waals surface area contributed by atoms with Crippen molar-refractivity contribution in [1.82, 2.24) is 26.2 Å². The molecule has 1 aliphatic heterocycles. The van der Waals surface area contributed by atoms with Gasteiger partial charge in [0.1, 0.15) is 5.82 Å². The third-order valence-corrected chi connectivity index (χ3v) is 5.25. The third kappa shape index (κ3) is 9.30. The van der Waals surface area contributed by atoms with Gasteiger partial charge in [-0.1, -0.05) is 57.9 Å². The smallest absolute Gasteiger partial charge is 0.330 e. The first-order valence-electron chi connectivity index (χ1n) is 11.9. The summed E-state index contributed by atoms with van der Waals surface area (Å²) in [5.74, 6) is 0.998. The molecule has 1 rings (SSSR count). The molecule has 1 atom stereocenters. The van der Waals surface area contributed by atoms with Crippen LogP contribution in [0.25, 0.3) is 0 Å². The number of nitrogens with zero attached hydrogens (tertiary/aromatic N) is 1. The lowest BCUT2D eigenvalue weighted by molar-refractivity contribution is 0.193. The number of hydrogen-bond donors (Lipinski definition) is 5. The van der Waals surface area contributed by atoms with Gasteiger partial charge < -0.3 is 21.4 Å². The van der Waals surface area contributed by atoms with Crippen molar-refractivity contribution < 1.29 is 4.79 Å². The summed E-state index contributed by atoms with van der Waals surface area (Å²) in [6.45, 7) is 17.1. The van der Waals surface area contributed by atoms with E-state index in [4.69, 9.17) is 5.41 Å². The van der Waals surface area contributed by atoms with E-state index in [2.05, 4.69) is 61.6 Å². The lowest BCUT2D eigenvalue weighted by Crippen LogP contribution is -2.63. The van der Waals surface area contributed by atoms with Gasteiger partial charge in [-0.3, -0.25) is 5.32 Å². The van der Waals surface area contributed by atoms with Gasteiger partial charge in [0.2, 0.25) is 0 Å². The molecule has 0 saturated carbocycles. The number of rotatable bonds is 13. The Bertz CT molecular complexity index is 801. The fourth-order valence-electron chi connectivity index (χ4n) is 3.63. The lowest BCUT2D eigenvalue weighted by atomic mass is 9.98. The van der Waals surface area contributed by atoms with Crippen LogP contribution in [0.15, 0.2) is 59.2 Å². The van der Waals surface area contributed by atoms with Crippen molar-refractivity contribution in [3.8, 4) is 0 Å². The van der Waals surface area contributed by atoms with E-state index in [-0.39, 0.29) is 6.03 Å². The van der Waals surface area contributed by atoms with Gasteiger partial charge in [0.05, 0.1) is 5.71 Å². The van der Waals surface area contributed by atoms with Crippen LogP contribution in [0.3, 0.4) is 0 Å². The van der Waals surface area contributed by atoms with Crippen molar-refractivity contribution >= 4 is 11.7 Å². The average molecular weight is 457 g/mol. The summed E-state index contributed by atoms with van der Waals surface area (Å²) in [5.41, 5.74) is 4.59. The van der Waals surface area contributed by atoms with E-state index >= 15 is 0 Å². The molecule has 0 spiro atoms. The van der Waals surface area contributed by atoms with E-state index in [0.717, 1.165) is 42.5 Å². The zero-order valence-electron chi connectivity index (χ0n) is 21.6. The molecule has 5 N–H and O–H groups in total. The second kappa shape index (κ2) is 14.4. The molecular weight excluding hydrogens is 412 g/mol. The van der Waals surface area contributed by atoms with Crippen LogP contribution in [0, 0.1) is 11.3 Å². The highest BCUT2D eigenvalue weighted by atomic mass is 16.2. The molecule has 1 fully saturated rings. The van der Waals surface area contributed by atoms with Crippen LogP contribution < -0.4 is 21.3 Å². The minimum atomic E-state index is -0.440. The highest BCUT2D eigenvalue weighted by Crippen LogP contribution is 2.20. The van der Waals surface area contributed by atoms with Gasteiger partial charge in [-0.2, -0.15) is 0 Å². The Labute approximate surface area is 200 Å². The van der Waals surface area contributed by atoms with Crippen LogP contribution in [0.5, 0.6) is 0 Å². The number of hydrogen-bond acceptors (Lipinski definition) is 5. The Hall–Kier alpha value is -2.80. The highest BCUT2D eigenvalue weighted by Gasteiger charge is 2.28. The molecule has 0 radical (unpaired) electrons. The van der Waals surface area contributed by atoms with Crippen LogP contribution in [-0.4, -0.2) is 36.5 Å². The fraction of sp³-hybridized carbons (Fsp3) is 0.538. The van der Waals surface area contributed by atoms with Crippen molar-refractivity contribution in [2.45, 2.75) is 73.5 Å². The Morgan fingerprint density at radius 1 is 1.27 bits per heavy atom. The molecule has 1 unspecified atom stereocenters. The maximum Gasteiger partial charge on any atom is 0.330 e. The molecule has 0 aliphatic carbocycles. The molecule has 7 heteroatoms. The number of amides is 2. The average Bonchev–Trinajstić information content (AvgIpc) is 2.75. The Morgan fingerprint density at radius 2 is 1.97 bits per heavy atom. The number of urea groups is 1. The molecule has 0 aromatic heterocycles. The molecule has 7 nitrogen and oxygen atoms in total. The SMILES string of the molecule is C=C1NC(NC/C(C)=C\C(=N)/C(=C\NC)CC(C)C)NC(=O)N1C(/C=C(/CC)CCC)=C/C. The molecule has 0 aromatic carbocycles. The van der Waals surface area contributed by atoms with Crippen molar-refractivity contribution in [1.29, 1.82) is 5.41 Å². The second-order valence-electron chi connectivity index (χ2n) is 8.77. The van der Waals surface area contributed by atoms with E-state index in [0.29, 0.717) is 24.0 Å². The van der Waals surface area contributed by atoms with Gasteiger partial charge in [-0.05, 0) is 56.8 Å². The number of carbonyl (C=O) groups excluding carboxylic acids is 1. The summed E-state index contributed by atoms with van der Waals surface area (Å²) in [5, 5.41) is 20.9. The minimum Gasteiger partial charge on any atom is -0.394 e. The normalized spacial score (nSPS) is 18.4. The predicted octanol–water partition coefficient (Wildman–Crippen LogP) is 5.10. The molecule has 1 aliphatic rings. The number of nitrogens with one attached hydrogen (secondary N) is 5. The Balaban J connectivity index is 2.79. The van der Waals surface area contributed by atoms with Crippen LogP contribution in [-0.2, 0) is 0 Å². The van der Waals surface area contributed by atoms with Crippen LogP contribution >= 0.6 is 0 Å². The summed E-state index contributed by atoms with van der Waals surface area (Å²) in [6.07, 6.45) is 11.2. The summed E-state index contributed by atoms with van der Waals surface area (Å²) >= 11 is 0. The van der Waals surface area contributed by atoms with Crippen molar-refractivity contribution in [3.63, 3.8) is 0 Å². The molecule has 33 heavy (non-hydrogen) atoms. The van der Waals surface area contributed by atoms with Gasteiger partial charge in [-0.25, -0.2) is 9.69 Å². The summed E-state index contributed by atoms with van der Waals surface area (Å²) in [7, 11) is 1.85. The van der Waals surface area contributed by atoms with E-state index < -0.39 is 6.29 Å². The topological polar surface area (TPSA) is 92.3 Å². The van der Waals surface area contributed by atoms with Gasteiger partial charge in [-0.15, -0.1) is 0 Å². The maximum atomic E-state index is 12.9. The minimum absolute atomic E-state index is 0.224. The molecule has 2 amide bonds. The molecule has 184 valence electrons. The zero-order valence-corrected chi connectivity index (χ0v) is 21.6. The zero-order chi connectivity index (χ0) is 25.0. The van der Waals surface area contributed by atoms with Crippen molar-refractivity contribution in [3.05, 3.63) is 59.2 Å². The highest BCUT2D eigenvalue weighted by molar-refractivity contribution is 6.06.